The predicted octanol–water partition coefficient (Wildman–Crippen LogP) is 5.23. The third kappa shape index (κ3) is 5.53. The molecule has 2 aliphatic rings. The highest BCUT2D eigenvalue weighted by Crippen LogP contribution is 2.36. The fraction of sp³-hybridized carbons (Fsp3) is 0.258. The van der Waals surface area contributed by atoms with Crippen LogP contribution in [-0.4, -0.2) is 56.4 Å². The number of amides is 1. The van der Waals surface area contributed by atoms with E-state index in [0.717, 1.165) is 52.9 Å². The van der Waals surface area contributed by atoms with Gasteiger partial charge in [0, 0.05) is 41.5 Å². The van der Waals surface area contributed by atoms with Gasteiger partial charge in [-0.15, -0.1) is 0 Å². The summed E-state index contributed by atoms with van der Waals surface area (Å²) in [5.41, 5.74) is 4.60. The average molecular weight is 562 g/mol. The van der Waals surface area contributed by atoms with Crippen LogP contribution in [0.3, 0.4) is 0 Å². The van der Waals surface area contributed by atoms with Crippen LogP contribution in [0.1, 0.15) is 30.1 Å². The molecule has 2 N–H and O–H groups in total. The number of rotatable bonds is 7. The SMILES string of the molecule is Cc1cc(N[C@H]2c3cc(NC(=O)/C=C/[C@H]4CCCN4C)ccc3N=CN2C#N)ccc1Oc1cnc2c(cnn2C)c1. The number of ether oxygens (including phenoxy) is 1. The van der Waals surface area contributed by atoms with Crippen molar-refractivity contribution in [3.05, 3.63) is 78.1 Å². The number of anilines is 2. The number of benzene rings is 2. The summed E-state index contributed by atoms with van der Waals surface area (Å²) >= 11 is 0. The molecule has 42 heavy (non-hydrogen) atoms. The smallest absolute Gasteiger partial charge is 0.248 e. The van der Waals surface area contributed by atoms with Crippen molar-refractivity contribution >= 4 is 40.3 Å². The van der Waals surface area contributed by atoms with Gasteiger partial charge in [0.05, 0.1) is 18.1 Å². The summed E-state index contributed by atoms with van der Waals surface area (Å²) in [6.07, 6.45) is 12.3. The molecule has 212 valence electrons. The molecule has 0 saturated carbocycles. The van der Waals surface area contributed by atoms with Crippen LogP contribution in [0.5, 0.6) is 11.5 Å². The van der Waals surface area contributed by atoms with Crippen molar-refractivity contribution < 1.29 is 9.53 Å². The van der Waals surface area contributed by atoms with Gasteiger partial charge >= 0.3 is 0 Å². The molecular formula is C31H31N9O2. The normalized spacial score (nSPS) is 18.3. The van der Waals surface area contributed by atoms with Gasteiger partial charge in [-0.1, -0.05) is 6.08 Å². The van der Waals surface area contributed by atoms with Crippen LogP contribution in [0.4, 0.5) is 17.1 Å². The third-order valence-corrected chi connectivity index (χ3v) is 7.60. The number of fused-ring (bicyclic) bond motifs is 2. The van der Waals surface area contributed by atoms with Gasteiger partial charge in [-0.3, -0.25) is 14.4 Å². The first kappa shape index (κ1) is 27.0. The number of likely N-dealkylation sites (N-methyl/N-ethyl adjacent to an activating group) is 1. The minimum absolute atomic E-state index is 0.194. The minimum atomic E-state index is -0.523. The van der Waals surface area contributed by atoms with E-state index in [-0.39, 0.29) is 11.9 Å². The van der Waals surface area contributed by atoms with Crippen molar-refractivity contribution in [2.45, 2.75) is 32.0 Å². The number of likely N-dealkylation sites (tertiary alicyclic amines) is 1. The monoisotopic (exact) mass is 561 g/mol. The Balaban J connectivity index is 1.19. The van der Waals surface area contributed by atoms with Crippen LogP contribution in [0.2, 0.25) is 0 Å². The Morgan fingerprint density at radius 3 is 2.79 bits per heavy atom. The summed E-state index contributed by atoms with van der Waals surface area (Å²) < 4.78 is 7.84. The van der Waals surface area contributed by atoms with Gasteiger partial charge in [-0.25, -0.2) is 14.9 Å². The first-order valence-electron chi connectivity index (χ1n) is 13.8. The van der Waals surface area contributed by atoms with E-state index in [1.54, 1.807) is 23.2 Å². The molecule has 1 fully saturated rings. The standard InChI is InChI=1S/C31H31N9O2/c1-20-13-22(7-10-28(20)42-25-14-21-16-35-39(3)30(21)33-17-25)37-31-26-15-23(6-9-27(26)34-19-40(31)18-32)36-29(41)11-8-24-5-4-12-38(24)2/h6-11,13-17,19,24,31,37H,4-5,12H2,1-3H3,(H,36,41)/b11-8+/t24-,31-/m1/s1. The van der Waals surface area contributed by atoms with Gasteiger partial charge in [0.15, 0.2) is 11.8 Å². The largest absolute Gasteiger partial charge is 0.455 e. The molecule has 11 nitrogen and oxygen atoms in total. The van der Waals surface area contributed by atoms with Crippen molar-refractivity contribution in [3.8, 4) is 17.7 Å². The maximum absolute atomic E-state index is 12.7. The molecule has 0 bridgehead atoms. The number of hydrogen-bond donors (Lipinski definition) is 2. The van der Waals surface area contributed by atoms with E-state index < -0.39 is 6.17 Å². The Hall–Kier alpha value is -5.21. The molecule has 4 aromatic rings. The van der Waals surface area contributed by atoms with Gasteiger partial charge in [-0.2, -0.15) is 10.4 Å². The Morgan fingerprint density at radius 2 is 2.00 bits per heavy atom. The molecular weight excluding hydrogens is 530 g/mol. The minimum Gasteiger partial charge on any atom is -0.455 e. The predicted molar refractivity (Wildman–Crippen MR) is 162 cm³/mol. The van der Waals surface area contributed by atoms with Crippen LogP contribution in [0.25, 0.3) is 11.0 Å². The van der Waals surface area contributed by atoms with E-state index in [1.165, 1.54) is 11.2 Å². The van der Waals surface area contributed by atoms with Crippen LogP contribution in [0.15, 0.2) is 72.0 Å². The van der Waals surface area contributed by atoms with Crippen molar-refractivity contribution in [1.29, 1.82) is 5.26 Å². The number of nitrogens with zero attached hydrogens (tertiary/aromatic N) is 7. The summed E-state index contributed by atoms with van der Waals surface area (Å²) in [7, 11) is 3.92. The van der Waals surface area contributed by atoms with E-state index in [0.29, 0.717) is 17.2 Å². The fourth-order valence-electron chi connectivity index (χ4n) is 5.32. The molecule has 2 aromatic heterocycles. The second-order valence-electron chi connectivity index (χ2n) is 10.5. The van der Waals surface area contributed by atoms with E-state index in [2.05, 4.69) is 43.8 Å². The number of aromatic nitrogens is 3. The van der Waals surface area contributed by atoms with Gasteiger partial charge in [0.1, 0.15) is 24.0 Å². The third-order valence-electron chi connectivity index (χ3n) is 7.60. The highest BCUT2D eigenvalue weighted by molar-refractivity contribution is 5.99. The molecule has 1 amide bonds. The molecule has 1 saturated heterocycles. The van der Waals surface area contributed by atoms with Crippen molar-refractivity contribution in [2.75, 3.05) is 24.2 Å². The summed E-state index contributed by atoms with van der Waals surface area (Å²) in [5, 5.41) is 21.4. The second-order valence-corrected chi connectivity index (χ2v) is 10.5. The van der Waals surface area contributed by atoms with Gasteiger partial charge in [-0.05, 0) is 81.4 Å². The van der Waals surface area contributed by atoms with E-state index in [9.17, 15) is 10.1 Å². The number of nitriles is 1. The summed E-state index contributed by atoms with van der Waals surface area (Å²) in [6, 6.07) is 13.4. The molecule has 0 radical (unpaired) electrons. The van der Waals surface area contributed by atoms with Crippen LogP contribution in [0, 0.1) is 18.4 Å². The van der Waals surface area contributed by atoms with Crippen LogP contribution < -0.4 is 15.4 Å². The maximum Gasteiger partial charge on any atom is 0.248 e. The van der Waals surface area contributed by atoms with Gasteiger partial charge in [0.25, 0.3) is 0 Å². The lowest BCUT2D eigenvalue weighted by atomic mass is 10.1. The Bertz CT molecular complexity index is 1750. The first-order valence-corrected chi connectivity index (χ1v) is 13.8. The number of pyridine rings is 1. The Labute approximate surface area is 243 Å². The lowest BCUT2D eigenvalue weighted by molar-refractivity contribution is -0.111. The van der Waals surface area contributed by atoms with Crippen LogP contribution in [-0.2, 0) is 11.8 Å². The number of nitrogens with one attached hydrogen (secondary N) is 2. The number of carbonyl (C=O) groups excluding carboxylic acids is 1. The quantitative estimate of drug-likeness (QED) is 0.232. The number of aryl methyl sites for hydroxylation is 2. The molecule has 0 aliphatic carbocycles. The zero-order valence-corrected chi connectivity index (χ0v) is 23.7. The van der Waals surface area contributed by atoms with Gasteiger partial charge < -0.3 is 15.4 Å². The Morgan fingerprint density at radius 1 is 1.14 bits per heavy atom. The Kier molecular flexibility index (Phi) is 7.29. The first-order chi connectivity index (χ1) is 20.4. The number of aliphatic imine (C=N–C) groups is 1. The summed E-state index contributed by atoms with van der Waals surface area (Å²) in [5.74, 6) is 1.11. The highest BCUT2D eigenvalue weighted by atomic mass is 16.5. The average Bonchev–Trinajstić information content (AvgIpc) is 3.57. The lowest BCUT2D eigenvalue weighted by Crippen LogP contribution is -2.31. The molecule has 6 rings (SSSR count). The van der Waals surface area contributed by atoms with E-state index >= 15 is 0 Å². The summed E-state index contributed by atoms with van der Waals surface area (Å²) in [6.45, 7) is 3.00. The molecule has 0 spiro atoms. The topological polar surface area (TPSA) is 124 Å². The van der Waals surface area contributed by atoms with Crippen molar-refractivity contribution in [3.63, 3.8) is 0 Å². The molecule has 2 aromatic carbocycles. The molecule has 4 heterocycles. The van der Waals surface area contributed by atoms with Crippen LogP contribution >= 0.6 is 0 Å². The fourth-order valence-corrected chi connectivity index (χ4v) is 5.32. The van der Waals surface area contributed by atoms with Crippen molar-refractivity contribution in [2.24, 2.45) is 12.0 Å². The maximum atomic E-state index is 12.7. The van der Waals surface area contributed by atoms with Gasteiger partial charge in [0.2, 0.25) is 5.91 Å². The molecule has 11 heteroatoms. The van der Waals surface area contributed by atoms with E-state index in [4.69, 9.17) is 4.74 Å². The zero-order valence-electron chi connectivity index (χ0n) is 23.7. The molecule has 2 aliphatic heterocycles. The zero-order chi connectivity index (χ0) is 29.2. The summed E-state index contributed by atoms with van der Waals surface area (Å²) in [4.78, 5) is 25.2. The molecule has 2 atom stereocenters. The highest BCUT2D eigenvalue weighted by Gasteiger charge is 2.26. The second kappa shape index (κ2) is 11.3. The lowest BCUT2D eigenvalue weighted by Gasteiger charge is -2.30. The number of hydrogen-bond acceptors (Lipinski definition) is 9. The van der Waals surface area contributed by atoms with Crippen molar-refractivity contribution in [1.82, 2.24) is 24.6 Å². The molecule has 0 unspecified atom stereocenters. The van der Waals surface area contributed by atoms with E-state index in [1.807, 2.05) is 62.5 Å². The number of carbonyl (C=O) groups is 1.